The van der Waals surface area contributed by atoms with Crippen molar-refractivity contribution in [3.05, 3.63) is 68.0 Å². The molecule has 0 aliphatic heterocycles. The van der Waals surface area contributed by atoms with Crippen LogP contribution >= 0.6 is 15.9 Å². The van der Waals surface area contributed by atoms with Crippen LogP contribution in [0.4, 0.5) is 0 Å². The molecule has 2 nitrogen and oxygen atoms in total. The number of benzene rings is 1. The molecule has 0 N–H and O–H groups in total. The van der Waals surface area contributed by atoms with Crippen molar-refractivity contribution >= 4 is 15.9 Å². The SMILES string of the molecule is Cc1cc(Br)c(=O)n(Cc2ccc(C(C)(C)C)cc2)c1. The lowest BCUT2D eigenvalue weighted by Crippen LogP contribution is -2.21. The van der Waals surface area contributed by atoms with Crippen molar-refractivity contribution in [3.63, 3.8) is 0 Å². The molecule has 0 amide bonds. The summed E-state index contributed by atoms with van der Waals surface area (Å²) in [6, 6.07) is 10.3. The lowest BCUT2D eigenvalue weighted by atomic mass is 9.87. The molecule has 0 saturated carbocycles. The van der Waals surface area contributed by atoms with E-state index in [0.717, 1.165) is 11.1 Å². The van der Waals surface area contributed by atoms with Crippen LogP contribution in [0.5, 0.6) is 0 Å². The monoisotopic (exact) mass is 333 g/mol. The van der Waals surface area contributed by atoms with E-state index in [2.05, 4.69) is 61.0 Å². The molecule has 0 radical (unpaired) electrons. The number of pyridine rings is 1. The first-order chi connectivity index (χ1) is 9.27. The Hall–Kier alpha value is -1.35. The molecule has 1 aromatic carbocycles. The van der Waals surface area contributed by atoms with Gasteiger partial charge >= 0.3 is 0 Å². The maximum atomic E-state index is 12.1. The quantitative estimate of drug-likeness (QED) is 0.804. The van der Waals surface area contributed by atoms with Gasteiger partial charge in [-0.3, -0.25) is 4.79 Å². The van der Waals surface area contributed by atoms with Crippen molar-refractivity contribution in [3.8, 4) is 0 Å². The molecule has 106 valence electrons. The summed E-state index contributed by atoms with van der Waals surface area (Å²) in [6.07, 6.45) is 1.89. The smallest absolute Gasteiger partial charge is 0.265 e. The number of rotatable bonds is 2. The summed E-state index contributed by atoms with van der Waals surface area (Å²) in [6.45, 7) is 9.19. The van der Waals surface area contributed by atoms with Gasteiger partial charge in [-0.2, -0.15) is 0 Å². The van der Waals surface area contributed by atoms with Gasteiger partial charge in [0, 0.05) is 6.20 Å². The van der Waals surface area contributed by atoms with E-state index >= 15 is 0 Å². The Morgan fingerprint density at radius 3 is 2.30 bits per heavy atom. The second-order valence-electron chi connectivity index (χ2n) is 6.25. The molecule has 0 spiro atoms. The van der Waals surface area contributed by atoms with E-state index in [1.54, 1.807) is 4.57 Å². The Kier molecular flexibility index (Phi) is 4.19. The largest absolute Gasteiger partial charge is 0.310 e. The van der Waals surface area contributed by atoms with Gasteiger partial charge in [0.2, 0.25) is 0 Å². The van der Waals surface area contributed by atoms with Gasteiger partial charge in [0.15, 0.2) is 0 Å². The van der Waals surface area contributed by atoms with Crippen LogP contribution in [-0.2, 0) is 12.0 Å². The number of nitrogens with zero attached hydrogens (tertiary/aromatic N) is 1. The molecule has 0 aliphatic carbocycles. The van der Waals surface area contributed by atoms with E-state index in [1.165, 1.54) is 5.56 Å². The van der Waals surface area contributed by atoms with Crippen LogP contribution in [0.25, 0.3) is 0 Å². The van der Waals surface area contributed by atoms with Gasteiger partial charge in [-0.05, 0) is 51.0 Å². The third-order valence-corrected chi connectivity index (χ3v) is 3.92. The third-order valence-electron chi connectivity index (χ3n) is 3.35. The molecule has 1 aromatic heterocycles. The number of hydrogen-bond acceptors (Lipinski definition) is 1. The van der Waals surface area contributed by atoms with E-state index in [9.17, 15) is 4.79 Å². The fraction of sp³-hybridized carbons (Fsp3) is 0.353. The van der Waals surface area contributed by atoms with E-state index in [1.807, 2.05) is 19.2 Å². The van der Waals surface area contributed by atoms with Gasteiger partial charge in [0.1, 0.15) is 0 Å². The number of aromatic nitrogens is 1. The highest BCUT2D eigenvalue weighted by molar-refractivity contribution is 9.10. The molecule has 2 rings (SSSR count). The predicted octanol–water partition coefficient (Wildman–Crippen LogP) is 4.27. The zero-order valence-electron chi connectivity index (χ0n) is 12.4. The van der Waals surface area contributed by atoms with E-state index in [-0.39, 0.29) is 11.0 Å². The average Bonchev–Trinajstić information content (AvgIpc) is 2.35. The Labute approximate surface area is 128 Å². The molecular formula is C17H20BrNO. The van der Waals surface area contributed by atoms with Gasteiger partial charge in [-0.1, -0.05) is 45.0 Å². The Bertz CT molecular complexity index is 663. The van der Waals surface area contributed by atoms with Gasteiger partial charge in [-0.15, -0.1) is 0 Å². The number of halogens is 1. The van der Waals surface area contributed by atoms with E-state index in [0.29, 0.717) is 11.0 Å². The molecule has 0 atom stereocenters. The lowest BCUT2D eigenvalue weighted by Gasteiger charge is -2.19. The second-order valence-corrected chi connectivity index (χ2v) is 7.10. The van der Waals surface area contributed by atoms with Gasteiger partial charge < -0.3 is 4.57 Å². The first kappa shape index (κ1) is 15.0. The molecule has 0 unspecified atom stereocenters. The fourth-order valence-corrected chi connectivity index (χ4v) is 2.75. The molecule has 2 aromatic rings. The summed E-state index contributed by atoms with van der Waals surface area (Å²) in [5, 5.41) is 0. The number of aryl methyl sites for hydroxylation is 1. The van der Waals surface area contributed by atoms with E-state index < -0.39 is 0 Å². The summed E-state index contributed by atoms with van der Waals surface area (Å²) in [7, 11) is 0. The van der Waals surface area contributed by atoms with Gasteiger partial charge in [-0.25, -0.2) is 0 Å². The van der Waals surface area contributed by atoms with Crippen LogP contribution in [-0.4, -0.2) is 4.57 Å². The van der Waals surface area contributed by atoms with Gasteiger partial charge in [0.25, 0.3) is 5.56 Å². The van der Waals surface area contributed by atoms with Crippen molar-refractivity contribution in [2.75, 3.05) is 0 Å². The predicted molar refractivity (Wildman–Crippen MR) is 87.4 cm³/mol. The summed E-state index contributed by atoms with van der Waals surface area (Å²) < 4.78 is 2.36. The summed E-state index contributed by atoms with van der Waals surface area (Å²) in [5.74, 6) is 0. The standard InChI is InChI=1S/C17H20BrNO/c1-12-9-15(18)16(20)19(10-12)11-13-5-7-14(8-6-13)17(2,3)4/h5-10H,11H2,1-4H3. The van der Waals surface area contributed by atoms with Crippen LogP contribution < -0.4 is 5.56 Å². The molecule has 0 aliphatic rings. The third kappa shape index (κ3) is 3.40. The topological polar surface area (TPSA) is 22.0 Å². The van der Waals surface area contributed by atoms with Gasteiger partial charge in [0.05, 0.1) is 11.0 Å². The summed E-state index contributed by atoms with van der Waals surface area (Å²) >= 11 is 3.31. The minimum absolute atomic E-state index is 0.00972. The molecular weight excluding hydrogens is 314 g/mol. The first-order valence-electron chi connectivity index (χ1n) is 6.73. The molecule has 0 bridgehead atoms. The molecule has 0 saturated heterocycles. The summed E-state index contributed by atoms with van der Waals surface area (Å²) in [5.41, 5.74) is 3.68. The van der Waals surface area contributed by atoms with Crippen LogP contribution in [0.1, 0.15) is 37.5 Å². The normalized spacial score (nSPS) is 11.7. The zero-order valence-corrected chi connectivity index (χ0v) is 14.0. The highest BCUT2D eigenvalue weighted by Gasteiger charge is 2.13. The maximum absolute atomic E-state index is 12.1. The summed E-state index contributed by atoms with van der Waals surface area (Å²) in [4.78, 5) is 12.1. The molecule has 20 heavy (non-hydrogen) atoms. The van der Waals surface area contributed by atoms with Crippen LogP contribution in [0.2, 0.25) is 0 Å². The van der Waals surface area contributed by atoms with Crippen molar-refractivity contribution in [2.24, 2.45) is 0 Å². The minimum Gasteiger partial charge on any atom is -0.310 e. The maximum Gasteiger partial charge on any atom is 0.265 e. The number of hydrogen-bond donors (Lipinski definition) is 0. The van der Waals surface area contributed by atoms with Crippen molar-refractivity contribution < 1.29 is 0 Å². The Morgan fingerprint density at radius 2 is 1.75 bits per heavy atom. The Balaban J connectivity index is 2.29. The van der Waals surface area contributed by atoms with E-state index in [4.69, 9.17) is 0 Å². The zero-order chi connectivity index (χ0) is 14.9. The van der Waals surface area contributed by atoms with Crippen LogP contribution in [0.3, 0.4) is 0 Å². The Morgan fingerprint density at radius 1 is 1.15 bits per heavy atom. The second kappa shape index (κ2) is 5.57. The fourth-order valence-electron chi connectivity index (χ4n) is 2.16. The minimum atomic E-state index is 0.00972. The van der Waals surface area contributed by atoms with Crippen molar-refractivity contribution in [2.45, 2.75) is 39.7 Å². The van der Waals surface area contributed by atoms with Crippen molar-refractivity contribution in [1.82, 2.24) is 4.57 Å². The van der Waals surface area contributed by atoms with Crippen molar-refractivity contribution in [1.29, 1.82) is 0 Å². The van der Waals surface area contributed by atoms with Crippen LogP contribution in [0.15, 0.2) is 45.8 Å². The highest BCUT2D eigenvalue weighted by atomic mass is 79.9. The lowest BCUT2D eigenvalue weighted by molar-refractivity contribution is 0.589. The molecule has 3 heteroatoms. The molecule has 1 heterocycles. The highest BCUT2D eigenvalue weighted by Crippen LogP contribution is 2.22. The molecule has 0 fully saturated rings. The van der Waals surface area contributed by atoms with Crippen LogP contribution in [0, 0.1) is 6.92 Å². The first-order valence-corrected chi connectivity index (χ1v) is 7.53. The average molecular weight is 334 g/mol.